The van der Waals surface area contributed by atoms with Gasteiger partial charge in [-0.3, -0.25) is 14.4 Å². The summed E-state index contributed by atoms with van der Waals surface area (Å²) in [4.78, 5) is 13.2. The molecule has 10 heteroatoms. The maximum absolute atomic E-state index is 10.8. The molecule has 1 aromatic heterocycles. The van der Waals surface area contributed by atoms with Gasteiger partial charge in [-0.15, -0.1) is 0 Å². The third kappa shape index (κ3) is 7.55. The molecule has 0 saturated carbocycles. The number of halogens is 1. The maximum Gasteiger partial charge on any atom is 0.453 e. The molecule has 8 nitrogen and oxygen atoms in total. The highest BCUT2D eigenvalue weighted by molar-refractivity contribution is 6.41. The third-order valence-electron chi connectivity index (χ3n) is 6.46. The molecule has 2 aromatic rings. The van der Waals surface area contributed by atoms with Gasteiger partial charge in [0.1, 0.15) is 6.04 Å². The number of piperidine rings is 1. The van der Waals surface area contributed by atoms with E-state index in [0.29, 0.717) is 17.8 Å². The van der Waals surface area contributed by atoms with Crippen molar-refractivity contribution in [3.8, 4) is 11.1 Å². The van der Waals surface area contributed by atoms with Crippen molar-refractivity contribution in [2.45, 2.75) is 69.4 Å². The Hall–Kier alpha value is -1.91. The molecule has 3 rings (SSSR count). The van der Waals surface area contributed by atoms with Crippen molar-refractivity contribution in [2.24, 2.45) is 5.73 Å². The zero-order valence-electron chi connectivity index (χ0n) is 18.9. The van der Waals surface area contributed by atoms with Gasteiger partial charge < -0.3 is 20.9 Å². The number of benzene rings is 1. The Morgan fingerprint density at radius 3 is 2.73 bits per heavy atom. The number of rotatable bonds is 12. The fourth-order valence-corrected chi connectivity index (χ4v) is 4.89. The van der Waals surface area contributed by atoms with Gasteiger partial charge in [0.25, 0.3) is 0 Å². The van der Waals surface area contributed by atoms with Crippen molar-refractivity contribution in [3.63, 3.8) is 0 Å². The first kappa shape index (κ1) is 25.7. The van der Waals surface area contributed by atoms with E-state index in [1.165, 1.54) is 0 Å². The first-order valence-electron chi connectivity index (χ1n) is 11.7. The van der Waals surface area contributed by atoms with Crippen LogP contribution in [0.1, 0.15) is 51.0 Å². The molecule has 1 aliphatic rings. The zero-order valence-corrected chi connectivity index (χ0v) is 19.6. The zero-order chi connectivity index (χ0) is 23.8. The Morgan fingerprint density at radius 1 is 1.24 bits per heavy atom. The summed E-state index contributed by atoms with van der Waals surface area (Å²) in [6, 6.07) is 7.18. The summed E-state index contributed by atoms with van der Waals surface area (Å²) >= 11 is 6.34. The minimum absolute atomic E-state index is 0.0551. The Morgan fingerprint density at radius 2 is 2.00 bits per heavy atom. The molecular formula is C23H34BClN4O4. The lowest BCUT2D eigenvalue weighted by molar-refractivity contribution is -0.138. The van der Waals surface area contributed by atoms with E-state index in [4.69, 9.17) is 22.4 Å². The minimum atomic E-state index is -1.35. The topological polar surface area (TPSA) is 125 Å². The van der Waals surface area contributed by atoms with Gasteiger partial charge in [0.05, 0.1) is 12.2 Å². The number of hydrogen-bond donors (Lipinski definition) is 4. The highest BCUT2D eigenvalue weighted by Gasteiger charge is 2.29. The second kappa shape index (κ2) is 12.5. The van der Waals surface area contributed by atoms with E-state index in [-0.39, 0.29) is 12.1 Å². The molecule has 0 amide bonds. The van der Waals surface area contributed by atoms with Crippen molar-refractivity contribution < 1.29 is 19.9 Å². The van der Waals surface area contributed by atoms with E-state index in [1.807, 2.05) is 41.3 Å². The van der Waals surface area contributed by atoms with Gasteiger partial charge in [0.2, 0.25) is 0 Å². The average molecular weight is 477 g/mol. The van der Waals surface area contributed by atoms with Crippen LogP contribution in [0, 0.1) is 0 Å². The van der Waals surface area contributed by atoms with Crippen LogP contribution >= 0.6 is 11.6 Å². The molecule has 5 N–H and O–H groups in total. The number of likely N-dealkylation sites (tertiary alicyclic amines) is 1. The lowest BCUT2D eigenvalue weighted by atomic mass is 9.79. The largest absolute Gasteiger partial charge is 0.480 e. The number of carboxylic acid groups (broad SMARTS) is 1. The molecule has 1 aromatic carbocycles. The van der Waals surface area contributed by atoms with Gasteiger partial charge in [-0.2, -0.15) is 5.10 Å². The lowest BCUT2D eigenvalue weighted by Crippen LogP contribution is -2.45. The van der Waals surface area contributed by atoms with E-state index < -0.39 is 19.1 Å². The normalized spacial score (nSPS) is 18.7. The van der Waals surface area contributed by atoms with Crippen molar-refractivity contribution in [3.05, 3.63) is 41.7 Å². The third-order valence-corrected chi connectivity index (χ3v) is 6.79. The van der Waals surface area contributed by atoms with E-state index in [9.17, 15) is 14.8 Å². The first-order valence-corrected chi connectivity index (χ1v) is 12.1. The minimum Gasteiger partial charge on any atom is -0.480 e. The van der Waals surface area contributed by atoms with Crippen LogP contribution in [-0.4, -0.2) is 68.1 Å². The summed E-state index contributed by atoms with van der Waals surface area (Å²) < 4.78 is 2.00. The van der Waals surface area contributed by atoms with Crippen molar-refractivity contribution in [1.29, 1.82) is 0 Å². The summed E-state index contributed by atoms with van der Waals surface area (Å²) in [5.74, 6) is -0.966. The lowest BCUT2D eigenvalue weighted by Gasteiger charge is -2.38. The second-order valence-corrected chi connectivity index (χ2v) is 9.34. The fraction of sp³-hybridized carbons (Fsp3) is 0.565. The smallest absolute Gasteiger partial charge is 0.453 e. The van der Waals surface area contributed by atoms with Crippen LogP contribution in [0.3, 0.4) is 0 Å². The molecule has 180 valence electrons. The van der Waals surface area contributed by atoms with Crippen LogP contribution in [0.5, 0.6) is 0 Å². The van der Waals surface area contributed by atoms with Crippen LogP contribution in [0.25, 0.3) is 11.1 Å². The molecule has 0 spiro atoms. The number of aromatic nitrogens is 2. The number of nitrogens with zero attached hydrogens (tertiary/aromatic N) is 3. The molecule has 0 aliphatic carbocycles. The number of carbonyl (C=O) groups is 1. The Labute approximate surface area is 200 Å². The molecule has 1 aliphatic heterocycles. The van der Waals surface area contributed by atoms with Gasteiger partial charge in [-0.05, 0) is 44.6 Å². The molecule has 3 atom stereocenters. The van der Waals surface area contributed by atoms with Crippen LogP contribution in [0.4, 0.5) is 0 Å². The number of nitrogens with two attached hydrogens (primary N) is 1. The van der Waals surface area contributed by atoms with Gasteiger partial charge in [0, 0.05) is 34.9 Å². The van der Waals surface area contributed by atoms with Crippen LogP contribution in [-0.2, 0) is 4.79 Å². The molecule has 1 saturated heterocycles. The Kier molecular flexibility index (Phi) is 9.76. The van der Waals surface area contributed by atoms with Gasteiger partial charge in [0.15, 0.2) is 0 Å². The molecule has 3 unspecified atom stereocenters. The van der Waals surface area contributed by atoms with Gasteiger partial charge in [-0.1, -0.05) is 49.1 Å². The van der Waals surface area contributed by atoms with Crippen molar-refractivity contribution in [2.75, 3.05) is 13.1 Å². The van der Waals surface area contributed by atoms with Crippen molar-refractivity contribution >= 4 is 24.7 Å². The predicted octanol–water partition coefficient (Wildman–Crippen LogP) is 3.04. The molecule has 33 heavy (non-hydrogen) atoms. The highest BCUT2D eigenvalue weighted by Crippen LogP contribution is 2.30. The summed E-state index contributed by atoms with van der Waals surface area (Å²) in [6.45, 7) is 1.71. The van der Waals surface area contributed by atoms with E-state index in [1.54, 1.807) is 0 Å². The molecule has 0 bridgehead atoms. The van der Waals surface area contributed by atoms with Crippen LogP contribution in [0.15, 0.2) is 36.7 Å². The average Bonchev–Trinajstić information content (AvgIpc) is 3.28. The van der Waals surface area contributed by atoms with E-state index in [0.717, 1.165) is 62.7 Å². The van der Waals surface area contributed by atoms with Crippen molar-refractivity contribution in [1.82, 2.24) is 14.7 Å². The Balaban J connectivity index is 1.58. The summed E-state index contributed by atoms with van der Waals surface area (Å²) in [6.07, 6.45) is 10.0. The molecule has 2 heterocycles. The first-order chi connectivity index (χ1) is 15.8. The number of carboxylic acids is 1. The quantitative estimate of drug-likeness (QED) is 0.274. The second-order valence-electron chi connectivity index (χ2n) is 8.93. The van der Waals surface area contributed by atoms with Gasteiger partial charge >= 0.3 is 13.1 Å². The number of aliphatic carboxylic acids is 1. The van der Waals surface area contributed by atoms with Crippen LogP contribution in [0.2, 0.25) is 11.3 Å². The summed E-state index contributed by atoms with van der Waals surface area (Å²) in [5, 5.41) is 33.5. The SMILES string of the molecule is NC(CCCCCC(CB(O)O)N1CCCC(n2cc(-c3ccccc3Cl)cn2)C1)C(=O)O. The standard InChI is InChI=1S/C23H34BClN4O4/c25-21-10-5-4-9-20(21)17-14-27-29(15-17)19-8-6-12-28(16-19)18(13-24(32)33)7-2-1-3-11-22(26)23(30)31/h4-5,9-10,14-15,18-19,22,32-33H,1-3,6-8,11-13,16,26H2,(H,30,31). The fourth-order valence-electron chi connectivity index (χ4n) is 4.64. The number of hydrogen-bond acceptors (Lipinski definition) is 6. The van der Waals surface area contributed by atoms with E-state index in [2.05, 4.69) is 10.00 Å². The van der Waals surface area contributed by atoms with Crippen LogP contribution < -0.4 is 5.73 Å². The maximum atomic E-state index is 10.8. The molecule has 1 fully saturated rings. The van der Waals surface area contributed by atoms with E-state index >= 15 is 0 Å². The summed E-state index contributed by atoms with van der Waals surface area (Å²) in [5.41, 5.74) is 7.52. The molecular weight excluding hydrogens is 443 g/mol. The molecule has 0 radical (unpaired) electrons. The Bertz CT molecular complexity index is 897. The highest BCUT2D eigenvalue weighted by atomic mass is 35.5. The van der Waals surface area contributed by atoms with Gasteiger partial charge in [-0.25, -0.2) is 0 Å². The summed E-state index contributed by atoms with van der Waals surface area (Å²) in [7, 11) is -1.35. The monoisotopic (exact) mass is 476 g/mol. The predicted molar refractivity (Wildman–Crippen MR) is 130 cm³/mol. The number of unbranched alkanes of at least 4 members (excludes halogenated alkanes) is 2.